The zero-order valence-electron chi connectivity index (χ0n) is 26.8. The van der Waals surface area contributed by atoms with Crippen molar-refractivity contribution in [2.75, 3.05) is 32.7 Å². The van der Waals surface area contributed by atoms with Crippen LogP contribution >= 0.6 is 0 Å². The van der Waals surface area contributed by atoms with Gasteiger partial charge >= 0.3 is 0 Å². The Kier molecular flexibility index (Phi) is 13.8. The average molecular weight is 607 g/mol. The number of hydrogen-bond donors (Lipinski definition) is 4. The van der Waals surface area contributed by atoms with Crippen molar-refractivity contribution in [3.63, 3.8) is 0 Å². The molecule has 4 atom stereocenters. The molecule has 0 aromatic heterocycles. The maximum absolute atomic E-state index is 14.4. The van der Waals surface area contributed by atoms with E-state index in [1.807, 2.05) is 34.6 Å². The van der Waals surface area contributed by atoms with Gasteiger partial charge in [-0.1, -0.05) is 46.3 Å². The van der Waals surface area contributed by atoms with Crippen LogP contribution in [-0.4, -0.2) is 66.6 Å². The van der Waals surface area contributed by atoms with E-state index in [4.69, 9.17) is 5.73 Å². The maximum Gasteiger partial charge on any atom is 0.231 e. The molecule has 1 aromatic carbocycles. The number of nitrogens with zero attached hydrogens (tertiary/aromatic N) is 1. The molecule has 0 saturated heterocycles. The van der Waals surface area contributed by atoms with Crippen LogP contribution in [0.2, 0.25) is 0 Å². The Morgan fingerprint density at radius 2 is 1.67 bits per heavy atom. The van der Waals surface area contributed by atoms with Crippen molar-refractivity contribution in [3.05, 3.63) is 47.0 Å². The number of halogens is 2. The number of rotatable bonds is 17. The van der Waals surface area contributed by atoms with Crippen molar-refractivity contribution in [2.45, 2.75) is 86.2 Å². The molecule has 0 heterocycles. The van der Waals surface area contributed by atoms with Crippen LogP contribution in [0.5, 0.6) is 0 Å². The van der Waals surface area contributed by atoms with Crippen LogP contribution in [-0.2, 0) is 20.8 Å². The Bertz CT molecular complexity index is 1120. The van der Waals surface area contributed by atoms with Crippen LogP contribution in [0.15, 0.2) is 29.8 Å². The normalized spacial score (nSPS) is 22.7. The van der Waals surface area contributed by atoms with E-state index >= 15 is 0 Å². The van der Waals surface area contributed by atoms with E-state index in [1.165, 1.54) is 0 Å². The third-order valence-corrected chi connectivity index (χ3v) is 8.25. The molecule has 10 heteroatoms. The van der Waals surface area contributed by atoms with Crippen molar-refractivity contribution < 1.29 is 28.3 Å². The Morgan fingerprint density at radius 3 is 2.21 bits per heavy atom. The first-order chi connectivity index (χ1) is 20.2. The topological polar surface area (TPSA) is 125 Å². The van der Waals surface area contributed by atoms with Gasteiger partial charge in [0.1, 0.15) is 11.6 Å². The third-order valence-electron chi connectivity index (χ3n) is 8.25. The highest BCUT2D eigenvalue weighted by Crippen LogP contribution is 2.51. The maximum atomic E-state index is 14.4. The van der Waals surface area contributed by atoms with Crippen LogP contribution in [0, 0.1) is 34.3 Å². The minimum Gasteiger partial charge on any atom is -0.391 e. The molecule has 43 heavy (non-hydrogen) atoms. The quantitative estimate of drug-likeness (QED) is 0.157. The highest BCUT2D eigenvalue weighted by molar-refractivity contribution is 5.90. The van der Waals surface area contributed by atoms with E-state index in [2.05, 4.69) is 10.6 Å². The number of hydrogen-bond acceptors (Lipinski definition) is 5. The highest BCUT2D eigenvalue weighted by Gasteiger charge is 2.59. The highest BCUT2D eigenvalue weighted by atomic mass is 19.1. The Labute approximate surface area is 255 Å². The molecule has 0 saturated carbocycles. The van der Waals surface area contributed by atoms with Crippen molar-refractivity contribution in [3.8, 4) is 0 Å². The van der Waals surface area contributed by atoms with Crippen LogP contribution in [0.25, 0.3) is 0 Å². The number of primary amides is 1. The van der Waals surface area contributed by atoms with Gasteiger partial charge in [-0.15, -0.1) is 0 Å². The number of amides is 3. The lowest BCUT2D eigenvalue weighted by Gasteiger charge is -2.50. The zero-order chi connectivity index (χ0) is 32.4. The molecular weight excluding hydrogens is 554 g/mol. The molecule has 0 fully saturated rings. The lowest BCUT2D eigenvalue weighted by Crippen LogP contribution is -2.62. The molecule has 242 valence electrons. The summed E-state index contributed by atoms with van der Waals surface area (Å²) < 4.78 is 28.3. The number of aliphatic hydroxyl groups excluding tert-OH is 1. The van der Waals surface area contributed by atoms with Gasteiger partial charge in [0, 0.05) is 38.2 Å². The standard InChI is InChI=1S/C33H52F2N4O4/c1-7-12-39(13-8-2)31(43)32(10-9-11-37-21-24(6)28(40)38-20-22(3)4)17-23(5)18-33(29(32)41,30(36)42)19-25-14-26(34)16-27(35)15-25/h14-16,18,22,24,29,37,41H,7-13,17,19-21H2,1-6H3,(H2,36,42)(H,38,40)/t24?,29-,32?,33-/m1/s1. The summed E-state index contributed by atoms with van der Waals surface area (Å²) >= 11 is 0. The van der Waals surface area contributed by atoms with Crippen LogP contribution < -0.4 is 16.4 Å². The first-order valence-electron chi connectivity index (χ1n) is 15.6. The molecule has 0 aliphatic heterocycles. The van der Waals surface area contributed by atoms with Gasteiger partial charge in [-0.25, -0.2) is 8.78 Å². The van der Waals surface area contributed by atoms with E-state index in [1.54, 1.807) is 17.9 Å². The molecule has 0 radical (unpaired) electrons. The number of benzene rings is 1. The molecule has 2 rings (SSSR count). The fourth-order valence-electron chi connectivity index (χ4n) is 6.26. The second-order valence-corrected chi connectivity index (χ2v) is 12.7. The third kappa shape index (κ3) is 9.32. The molecule has 1 aliphatic carbocycles. The zero-order valence-corrected chi connectivity index (χ0v) is 26.8. The van der Waals surface area contributed by atoms with Crippen LogP contribution in [0.3, 0.4) is 0 Å². The summed E-state index contributed by atoms with van der Waals surface area (Å²) in [6, 6.07) is 2.97. The molecule has 0 spiro atoms. The van der Waals surface area contributed by atoms with E-state index in [9.17, 15) is 28.3 Å². The second kappa shape index (κ2) is 16.3. The summed E-state index contributed by atoms with van der Waals surface area (Å²) in [6.07, 6.45) is 2.17. The Morgan fingerprint density at radius 1 is 1.07 bits per heavy atom. The Balaban J connectivity index is 2.40. The molecule has 1 aliphatic rings. The van der Waals surface area contributed by atoms with E-state index in [0.717, 1.165) is 18.2 Å². The molecule has 3 amide bonds. The van der Waals surface area contributed by atoms with Crippen molar-refractivity contribution in [1.82, 2.24) is 15.5 Å². The minimum absolute atomic E-state index is 0.0360. The molecular formula is C33H52F2N4O4. The van der Waals surface area contributed by atoms with Gasteiger partial charge in [-0.05, 0) is 75.6 Å². The summed E-state index contributed by atoms with van der Waals surface area (Å²) in [7, 11) is 0. The molecule has 2 unspecified atom stereocenters. The first kappa shape index (κ1) is 36.3. The predicted molar refractivity (Wildman–Crippen MR) is 165 cm³/mol. The summed E-state index contributed by atoms with van der Waals surface area (Å²) in [5.41, 5.74) is 3.69. The summed E-state index contributed by atoms with van der Waals surface area (Å²) in [4.78, 5) is 41.7. The predicted octanol–water partition coefficient (Wildman–Crippen LogP) is 4.10. The van der Waals surface area contributed by atoms with Crippen molar-refractivity contribution in [1.29, 1.82) is 0 Å². The number of carbonyl (C=O) groups is 3. The van der Waals surface area contributed by atoms with Gasteiger partial charge in [0.25, 0.3) is 0 Å². The summed E-state index contributed by atoms with van der Waals surface area (Å²) in [6.45, 7) is 14.1. The fourth-order valence-corrected chi connectivity index (χ4v) is 6.26. The fraction of sp³-hybridized carbons (Fsp3) is 0.667. The van der Waals surface area contributed by atoms with Gasteiger partial charge in [-0.2, -0.15) is 0 Å². The van der Waals surface area contributed by atoms with Gasteiger partial charge in [0.15, 0.2) is 0 Å². The van der Waals surface area contributed by atoms with Gasteiger partial charge in [0.2, 0.25) is 17.7 Å². The van der Waals surface area contributed by atoms with E-state index in [0.29, 0.717) is 63.5 Å². The van der Waals surface area contributed by atoms with Gasteiger partial charge < -0.3 is 26.4 Å². The van der Waals surface area contributed by atoms with E-state index < -0.39 is 34.5 Å². The number of nitrogens with two attached hydrogens (primary N) is 1. The molecule has 5 N–H and O–H groups in total. The number of allylic oxidation sites excluding steroid dienone is 1. The van der Waals surface area contributed by atoms with Crippen molar-refractivity contribution >= 4 is 17.7 Å². The van der Waals surface area contributed by atoms with Gasteiger partial charge in [0.05, 0.1) is 16.9 Å². The molecule has 0 bridgehead atoms. The lowest BCUT2D eigenvalue weighted by atomic mass is 9.57. The largest absolute Gasteiger partial charge is 0.391 e. The smallest absolute Gasteiger partial charge is 0.231 e. The number of carbonyl (C=O) groups excluding carboxylic acids is 3. The van der Waals surface area contributed by atoms with Crippen LogP contribution in [0.4, 0.5) is 8.78 Å². The van der Waals surface area contributed by atoms with E-state index in [-0.39, 0.29) is 42.6 Å². The molecule has 1 aromatic rings. The molecule has 8 nitrogen and oxygen atoms in total. The second-order valence-electron chi connectivity index (χ2n) is 12.7. The summed E-state index contributed by atoms with van der Waals surface area (Å²) in [5.74, 6) is -2.67. The SMILES string of the molecule is CCCN(CCC)C(=O)C1(CCCNCC(C)C(=O)NCC(C)C)CC(C)=C[C@](Cc2cc(F)cc(F)c2)(C(N)=O)[C@@H]1O. The van der Waals surface area contributed by atoms with Crippen LogP contribution in [0.1, 0.15) is 79.2 Å². The van der Waals surface area contributed by atoms with Crippen molar-refractivity contribution in [2.24, 2.45) is 28.4 Å². The number of aliphatic hydroxyl groups is 1. The Hall–Kier alpha value is -2.85. The minimum atomic E-state index is -1.75. The lowest BCUT2D eigenvalue weighted by molar-refractivity contribution is -0.162. The number of nitrogens with one attached hydrogen (secondary N) is 2. The van der Waals surface area contributed by atoms with Gasteiger partial charge in [-0.3, -0.25) is 14.4 Å². The first-order valence-corrected chi connectivity index (χ1v) is 15.6. The average Bonchev–Trinajstić information content (AvgIpc) is 2.92. The summed E-state index contributed by atoms with van der Waals surface area (Å²) in [5, 5.41) is 18.4. The monoisotopic (exact) mass is 606 g/mol.